The van der Waals surface area contributed by atoms with Crippen molar-refractivity contribution in [3.63, 3.8) is 0 Å². The van der Waals surface area contributed by atoms with Crippen LogP contribution in [0.15, 0.2) is 30.8 Å². The Morgan fingerprint density at radius 1 is 1.38 bits per heavy atom. The van der Waals surface area contributed by atoms with E-state index in [9.17, 15) is 0 Å². The quantitative estimate of drug-likeness (QED) is 0.628. The van der Waals surface area contributed by atoms with Crippen molar-refractivity contribution in [3.05, 3.63) is 42.1 Å². The van der Waals surface area contributed by atoms with Crippen LogP contribution in [0.5, 0.6) is 0 Å². The van der Waals surface area contributed by atoms with Crippen molar-refractivity contribution in [1.29, 1.82) is 0 Å². The van der Waals surface area contributed by atoms with E-state index in [0.29, 0.717) is 0 Å². The van der Waals surface area contributed by atoms with E-state index < -0.39 is 0 Å². The highest BCUT2D eigenvalue weighted by Crippen LogP contribution is 2.22. The largest absolute Gasteiger partial charge is 0.348 e. The van der Waals surface area contributed by atoms with E-state index in [0.717, 1.165) is 22.2 Å². The topological polar surface area (TPSA) is 15.8 Å². The lowest BCUT2D eigenvalue weighted by Crippen LogP contribution is -1.74. The summed E-state index contributed by atoms with van der Waals surface area (Å²) in [6.45, 7) is 3.75. The molecule has 0 unspecified atom stereocenters. The number of aromatic amines is 1. The molecule has 1 aromatic heterocycles. The Labute approximate surface area is 77.1 Å². The maximum absolute atomic E-state index is 5.36. The zero-order valence-corrected chi connectivity index (χ0v) is 7.17. The van der Waals surface area contributed by atoms with Crippen LogP contribution in [0.2, 0.25) is 0 Å². The first kappa shape index (κ1) is 7.70. The van der Waals surface area contributed by atoms with Gasteiger partial charge in [0.2, 0.25) is 0 Å². The molecule has 0 atom stereocenters. The minimum atomic E-state index is 0.802. The molecule has 0 spiro atoms. The molecule has 13 heavy (non-hydrogen) atoms. The third-order valence-electron chi connectivity index (χ3n) is 2.09. The Balaban J connectivity index is 2.91. The van der Waals surface area contributed by atoms with E-state index in [1.165, 1.54) is 0 Å². The number of rotatable bonds is 1. The van der Waals surface area contributed by atoms with Crippen molar-refractivity contribution in [1.82, 2.24) is 4.98 Å². The molecule has 2 rings (SSSR count). The first-order chi connectivity index (χ1) is 6.36. The fourth-order valence-corrected chi connectivity index (χ4v) is 1.49. The first-order valence-electron chi connectivity index (χ1n) is 4.06. The lowest BCUT2D eigenvalue weighted by molar-refractivity contribution is 1.41. The monoisotopic (exact) mass is 167 g/mol. The van der Waals surface area contributed by atoms with E-state index in [1.807, 2.05) is 24.3 Å². The highest BCUT2D eigenvalue weighted by atomic mass is 14.7. The molecule has 0 aliphatic rings. The summed E-state index contributed by atoms with van der Waals surface area (Å²) in [5.41, 5.74) is 2.87. The lowest BCUT2D eigenvalue weighted by Gasteiger charge is -1.89. The standard InChI is InChI=1S/C12H9N/c1-3-9-10-7-5-6-8-12(10)13-11(9)4-2/h2-3,5-8,13H,1H2. The molecule has 1 nitrogen and oxygen atoms in total. The van der Waals surface area contributed by atoms with Crippen LogP contribution in [-0.4, -0.2) is 4.98 Å². The van der Waals surface area contributed by atoms with E-state index in [2.05, 4.69) is 17.5 Å². The summed E-state index contributed by atoms with van der Waals surface area (Å²) >= 11 is 0. The average molecular weight is 167 g/mol. The van der Waals surface area contributed by atoms with Crippen molar-refractivity contribution in [2.75, 3.05) is 0 Å². The van der Waals surface area contributed by atoms with Crippen LogP contribution in [0.3, 0.4) is 0 Å². The number of hydrogen-bond acceptors (Lipinski definition) is 0. The third-order valence-corrected chi connectivity index (χ3v) is 2.09. The first-order valence-corrected chi connectivity index (χ1v) is 4.06. The van der Waals surface area contributed by atoms with Crippen LogP contribution in [-0.2, 0) is 0 Å². The molecule has 1 heteroatoms. The second-order valence-corrected chi connectivity index (χ2v) is 2.81. The summed E-state index contributed by atoms with van der Waals surface area (Å²) in [5, 5.41) is 1.13. The summed E-state index contributed by atoms with van der Waals surface area (Å²) in [6.07, 6.45) is 7.15. The van der Waals surface area contributed by atoms with Gasteiger partial charge >= 0.3 is 0 Å². The van der Waals surface area contributed by atoms with Gasteiger partial charge in [0.15, 0.2) is 0 Å². The van der Waals surface area contributed by atoms with Crippen molar-refractivity contribution in [2.24, 2.45) is 0 Å². The van der Waals surface area contributed by atoms with Crippen LogP contribution in [0.25, 0.3) is 17.0 Å². The minimum absolute atomic E-state index is 0.802. The predicted octanol–water partition coefficient (Wildman–Crippen LogP) is 2.79. The Morgan fingerprint density at radius 3 is 2.85 bits per heavy atom. The fraction of sp³-hybridized carbons (Fsp3) is 0. The number of terminal acetylenes is 1. The maximum Gasteiger partial charge on any atom is 0.0974 e. The fourth-order valence-electron chi connectivity index (χ4n) is 1.49. The summed E-state index contributed by atoms with van der Waals surface area (Å²) in [6, 6.07) is 8.00. The molecular formula is C12H9N. The van der Waals surface area contributed by atoms with Crippen LogP contribution in [0, 0.1) is 12.3 Å². The molecule has 0 aliphatic heterocycles. The van der Waals surface area contributed by atoms with E-state index in [4.69, 9.17) is 6.42 Å². The molecule has 1 heterocycles. The van der Waals surface area contributed by atoms with E-state index >= 15 is 0 Å². The zero-order chi connectivity index (χ0) is 9.26. The Morgan fingerprint density at radius 2 is 2.15 bits per heavy atom. The molecule has 0 saturated heterocycles. The smallest absolute Gasteiger partial charge is 0.0974 e. The normalized spacial score (nSPS) is 9.77. The van der Waals surface area contributed by atoms with Gasteiger partial charge in [-0.2, -0.15) is 0 Å². The molecule has 0 saturated carbocycles. The van der Waals surface area contributed by atoms with Gasteiger partial charge in [0.05, 0.1) is 5.69 Å². The highest BCUT2D eigenvalue weighted by molar-refractivity contribution is 5.91. The maximum atomic E-state index is 5.36. The molecule has 0 radical (unpaired) electrons. The zero-order valence-electron chi connectivity index (χ0n) is 7.17. The molecule has 0 bridgehead atoms. The Kier molecular flexibility index (Phi) is 1.68. The van der Waals surface area contributed by atoms with Gasteiger partial charge in [-0.25, -0.2) is 0 Å². The summed E-state index contributed by atoms with van der Waals surface area (Å²) < 4.78 is 0. The van der Waals surface area contributed by atoms with E-state index in [-0.39, 0.29) is 0 Å². The van der Waals surface area contributed by atoms with Gasteiger partial charge in [0, 0.05) is 16.5 Å². The van der Waals surface area contributed by atoms with Crippen LogP contribution in [0.4, 0.5) is 0 Å². The summed E-state index contributed by atoms with van der Waals surface area (Å²) in [4.78, 5) is 3.16. The van der Waals surface area contributed by atoms with Crippen molar-refractivity contribution < 1.29 is 0 Å². The molecule has 1 N–H and O–H groups in total. The highest BCUT2D eigenvalue weighted by Gasteiger charge is 2.04. The molecule has 2 aromatic rings. The molecule has 0 aliphatic carbocycles. The Hall–Kier alpha value is -1.94. The van der Waals surface area contributed by atoms with Gasteiger partial charge in [-0.05, 0) is 6.07 Å². The van der Waals surface area contributed by atoms with Gasteiger partial charge in [0.25, 0.3) is 0 Å². The van der Waals surface area contributed by atoms with Gasteiger partial charge in [-0.1, -0.05) is 36.8 Å². The van der Waals surface area contributed by atoms with Crippen molar-refractivity contribution in [2.45, 2.75) is 0 Å². The second kappa shape index (κ2) is 2.84. The molecule has 0 fully saturated rings. The lowest BCUT2D eigenvalue weighted by atomic mass is 10.1. The second-order valence-electron chi connectivity index (χ2n) is 2.81. The number of H-pyrrole nitrogens is 1. The number of para-hydroxylation sites is 1. The van der Waals surface area contributed by atoms with Gasteiger partial charge in [-0.15, -0.1) is 6.42 Å². The van der Waals surface area contributed by atoms with Crippen molar-refractivity contribution in [3.8, 4) is 12.3 Å². The van der Waals surface area contributed by atoms with Crippen molar-refractivity contribution >= 4 is 17.0 Å². The predicted molar refractivity (Wildman–Crippen MR) is 56.3 cm³/mol. The van der Waals surface area contributed by atoms with E-state index in [1.54, 1.807) is 6.08 Å². The van der Waals surface area contributed by atoms with Gasteiger partial charge < -0.3 is 4.98 Å². The number of benzene rings is 1. The Bertz CT molecular complexity index is 497. The minimum Gasteiger partial charge on any atom is -0.348 e. The third kappa shape index (κ3) is 1.04. The average Bonchev–Trinajstić information content (AvgIpc) is 2.55. The van der Waals surface area contributed by atoms with Crippen LogP contribution < -0.4 is 0 Å². The number of aromatic nitrogens is 1. The van der Waals surface area contributed by atoms with Gasteiger partial charge in [-0.3, -0.25) is 0 Å². The summed E-state index contributed by atoms with van der Waals surface area (Å²) in [5.74, 6) is 2.61. The molecular weight excluding hydrogens is 158 g/mol. The van der Waals surface area contributed by atoms with Crippen LogP contribution >= 0.6 is 0 Å². The number of fused-ring (bicyclic) bond motifs is 1. The number of hydrogen-bond donors (Lipinski definition) is 1. The SMILES string of the molecule is C#Cc1[nH]c2ccccc2c1C=C. The van der Waals surface area contributed by atoms with Gasteiger partial charge in [0.1, 0.15) is 0 Å². The molecule has 62 valence electrons. The molecule has 1 aromatic carbocycles. The number of nitrogens with one attached hydrogen (secondary N) is 1. The summed E-state index contributed by atoms with van der Waals surface area (Å²) in [7, 11) is 0. The molecule has 0 amide bonds. The van der Waals surface area contributed by atoms with Crippen LogP contribution in [0.1, 0.15) is 11.3 Å².